The molecule has 1 aliphatic rings. The number of cyclic esters (lactones) is 1. The van der Waals surface area contributed by atoms with Gasteiger partial charge in [-0.1, -0.05) is 35.9 Å². The summed E-state index contributed by atoms with van der Waals surface area (Å²) in [6.45, 7) is 4.16. The predicted octanol–water partition coefficient (Wildman–Crippen LogP) is 4.97. The van der Waals surface area contributed by atoms with Crippen LogP contribution in [0.3, 0.4) is 0 Å². The molecule has 0 bridgehead atoms. The Bertz CT molecular complexity index is 1290. The lowest BCUT2D eigenvalue weighted by atomic mass is 10.1. The number of hydrogen-bond donors (Lipinski definition) is 0. The van der Waals surface area contributed by atoms with Crippen molar-refractivity contribution in [3.05, 3.63) is 94.7 Å². The van der Waals surface area contributed by atoms with E-state index in [1.54, 1.807) is 48.5 Å². The molecule has 172 valence electrons. The minimum atomic E-state index is -0.573. The van der Waals surface area contributed by atoms with Crippen LogP contribution < -0.4 is 14.2 Å². The Morgan fingerprint density at radius 1 is 1.00 bits per heavy atom. The molecule has 7 nitrogen and oxygen atoms in total. The van der Waals surface area contributed by atoms with Crippen molar-refractivity contribution >= 4 is 23.9 Å². The first kappa shape index (κ1) is 22.8. The molecule has 0 radical (unpaired) electrons. The highest BCUT2D eigenvalue weighted by atomic mass is 16.6. The van der Waals surface area contributed by atoms with Gasteiger partial charge in [0.1, 0.15) is 11.3 Å². The average Bonchev–Trinajstić information content (AvgIpc) is 3.21. The van der Waals surface area contributed by atoms with E-state index in [1.165, 1.54) is 7.11 Å². The van der Waals surface area contributed by atoms with Crippen LogP contribution in [0.15, 0.2) is 77.4 Å². The molecule has 0 unspecified atom stereocenters. The number of rotatable bonds is 7. The zero-order valence-electron chi connectivity index (χ0n) is 19.0. The summed E-state index contributed by atoms with van der Waals surface area (Å²) in [6, 6.07) is 19.3. The van der Waals surface area contributed by atoms with E-state index in [4.69, 9.17) is 18.9 Å². The molecule has 0 N–H and O–H groups in total. The van der Waals surface area contributed by atoms with Gasteiger partial charge in [-0.15, -0.1) is 0 Å². The third-order valence-corrected chi connectivity index (χ3v) is 5.02. The third-order valence-electron chi connectivity index (χ3n) is 5.02. The molecule has 0 atom stereocenters. The predicted molar refractivity (Wildman–Crippen MR) is 127 cm³/mol. The number of esters is 2. The monoisotopic (exact) mass is 457 g/mol. The Morgan fingerprint density at radius 3 is 2.50 bits per heavy atom. The first-order valence-corrected chi connectivity index (χ1v) is 10.7. The summed E-state index contributed by atoms with van der Waals surface area (Å²) in [7, 11) is 1.49. The number of methoxy groups -OCH3 is 1. The maximum atomic E-state index is 12.7. The highest BCUT2D eigenvalue weighted by Crippen LogP contribution is 2.32. The second kappa shape index (κ2) is 10.0. The zero-order chi connectivity index (χ0) is 24.1. The van der Waals surface area contributed by atoms with E-state index in [2.05, 4.69) is 4.99 Å². The second-order valence-corrected chi connectivity index (χ2v) is 7.43. The molecule has 3 aromatic rings. The fourth-order valence-corrected chi connectivity index (χ4v) is 3.32. The summed E-state index contributed by atoms with van der Waals surface area (Å²) in [5, 5.41) is 0. The highest BCUT2D eigenvalue weighted by molar-refractivity contribution is 6.12. The van der Waals surface area contributed by atoms with E-state index < -0.39 is 11.9 Å². The topological polar surface area (TPSA) is 83.4 Å². The first-order valence-electron chi connectivity index (χ1n) is 10.7. The molecule has 0 spiro atoms. The van der Waals surface area contributed by atoms with E-state index in [-0.39, 0.29) is 17.3 Å². The van der Waals surface area contributed by atoms with E-state index in [0.29, 0.717) is 29.2 Å². The molecule has 0 aromatic heterocycles. The summed E-state index contributed by atoms with van der Waals surface area (Å²) in [5.74, 6) is 0.154. The Labute approximate surface area is 197 Å². The molecule has 34 heavy (non-hydrogen) atoms. The largest absolute Gasteiger partial charge is 0.496 e. The number of carbonyl (C=O) groups is 2. The molecule has 0 aliphatic carbocycles. The van der Waals surface area contributed by atoms with Crippen LogP contribution in [0, 0.1) is 6.92 Å². The molecule has 0 saturated heterocycles. The van der Waals surface area contributed by atoms with Crippen LogP contribution in [-0.4, -0.2) is 31.6 Å². The highest BCUT2D eigenvalue weighted by Gasteiger charge is 2.24. The lowest BCUT2D eigenvalue weighted by molar-refractivity contribution is -0.129. The van der Waals surface area contributed by atoms with Gasteiger partial charge in [-0.05, 0) is 61.9 Å². The van der Waals surface area contributed by atoms with Crippen molar-refractivity contribution in [2.75, 3.05) is 13.7 Å². The van der Waals surface area contributed by atoms with E-state index in [9.17, 15) is 9.59 Å². The minimum Gasteiger partial charge on any atom is -0.496 e. The van der Waals surface area contributed by atoms with Crippen molar-refractivity contribution in [2.24, 2.45) is 4.99 Å². The van der Waals surface area contributed by atoms with Crippen LogP contribution in [0.25, 0.3) is 6.08 Å². The van der Waals surface area contributed by atoms with Crippen molar-refractivity contribution < 1.29 is 28.5 Å². The first-order chi connectivity index (χ1) is 16.5. The smallest absolute Gasteiger partial charge is 0.363 e. The van der Waals surface area contributed by atoms with Crippen LogP contribution >= 0.6 is 0 Å². The van der Waals surface area contributed by atoms with Crippen LogP contribution in [0.4, 0.5) is 0 Å². The summed E-state index contributed by atoms with van der Waals surface area (Å²) in [4.78, 5) is 29.4. The zero-order valence-corrected chi connectivity index (χ0v) is 19.0. The molecule has 7 heteroatoms. The Hall–Kier alpha value is -4.39. The van der Waals surface area contributed by atoms with Gasteiger partial charge in [-0.3, -0.25) is 0 Å². The summed E-state index contributed by atoms with van der Waals surface area (Å²) in [6.07, 6.45) is 1.60. The second-order valence-electron chi connectivity index (χ2n) is 7.43. The van der Waals surface area contributed by atoms with Gasteiger partial charge >= 0.3 is 11.9 Å². The maximum Gasteiger partial charge on any atom is 0.363 e. The Morgan fingerprint density at radius 2 is 1.76 bits per heavy atom. The quantitative estimate of drug-likeness (QED) is 0.283. The number of ether oxygens (including phenoxy) is 4. The van der Waals surface area contributed by atoms with Crippen LogP contribution in [0.2, 0.25) is 0 Å². The Kier molecular flexibility index (Phi) is 6.73. The lowest BCUT2D eigenvalue weighted by Crippen LogP contribution is -2.11. The normalized spacial score (nSPS) is 13.9. The van der Waals surface area contributed by atoms with Gasteiger partial charge in [-0.25, -0.2) is 14.6 Å². The van der Waals surface area contributed by atoms with Crippen molar-refractivity contribution in [2.45, 2.75) is 13.8 Å². The summed E-state index contributed by atoms with van der Waals surface area (Å²) < 4.78 is 21.8. The van der Waals surface area contributed by atoms with E-state index in [1.807, 2.05) is 38.1 Å². The molecule has 1 heterocycles. The number of nitrogens with zero attached hydrogens (tertiary/aromatic N) is 1. The SMILES string of the molecule is CCOc1cc(C=C2N=C(c3ccc(C)cc3)OC2=O)ccc1OC(=O)c1ccccc1OC. The fourth-order valence-electron chi connectivity index (χ4n) is 3.32. The summed E-state index contributed by atoms with van der Waals surface area (Å²) >= 11 is 0. The van der Waals surface area contributed by atoms with Crippen molar-refractivity contribution in [1.82, 2.24) is 0 Å². The van der Waals surface area contributed by atoms with Crippen LogP contribution in [-0.2, 0) is 9.53 Å². The van der Waals surface area contributed by atoms with Crippen LogP contribution in [0.1, 0.15) is 34.0 Å². The number of para-hydroxylation sites is 1. The molecule has 3 aromatic carbocycles. The van der Waals surface area contributed by atoms with Crippen LogP contribution in [0.5, 0.6) is 17.2 Å². The van der Waals surface area contributed by atoms with Gasteiger partial charge in [0.05, 0.1) is 13.7 Å². The molecular formula is C27H23NO6. The molecule has 4 rings (SSSR count). The Balaban J connectivity index is 1.60. The van der Waals surface area contributed by atoms with E-state index in [0.717, 1.165) is 11.1 Å². The lowest BCUT2D eigenvalue weighted by Gasteiger charge is -2.12. The van der Waals surface area contributed by atoms with Gasteiger partial charge in [0.2, 0.25) is 5.90 Å². The standard InChI is InChI=1S/C27H23NO6/c1-4-32-24-16-18(11-14-23(24)33-26(29)20-7-5-6-8-22(20)31-3)15-21-27(30)34-25(28-21)19-12-9-17(2)10-13-19/h5-16H,4H2,1-3H3. The van der Waals surface area contributed by atoms with Crippen molar-refractivity contribution in [3.8, 4) is 17.2 Å². The van der Waals surface area contributed by atoms with Gasteiger partial charge in [0.25, 0.3) is 0 Å². The molecule has 1 aliphatic heterocycles. The molecular weight excluding hydrogens is 434 g/mol. The number of aryl methyl sites for hydroxylation is 1. The van der Waals surface area contributed by atoms with E-state index >= 15 is 0 Å². The average molecular weight is 457 g/mol. The molecule has 0 saturated carbocycles. The van der Waals surface area contributed by atoms with Gasteiger partial charge < -0.3 is 18.9 Å². The van der Waals surface area contributed by atoms with Crippen molar-refractivity contribution in [3.63, 3.8) is 0 Å². The molecule has 0 amide bonds. The number of hydrogen-bond acceptors (Lipinski definition) is 7. The minimum absolute atomic E-state index is 0.164. The van der Waals surface area contributed by atoms with Gasteiger partial charge in [-0.2, -0.15) is 0 Å². The number of benzene rings is 3. The third kappa shape index (κ3) is 4.99. The maximum absolute atomic E-state index is 12.7. The fraction of sp³-hybridized carbons (Fsp3) is 0.148. The number of carbonyl (C=O) groups excluding carboxylic acids is 2. The van der Waals surface area contributed by atoms with Crippen molar-refractivity contribution in [1.29, 1.82) is 0 Å². The number of aliphatic imine (C=N–C) groups is 1. The van der Waals surface area contributed by atoms with Gasteiger partial charge in [0, 0.05) is 5.56 Å². The summed E-state index contributed by atoms with van der Waals surface area (Å²) in [5.41, 5.74) is 2.92. The molecule has 0 fully saturated rings. The van der Waals surface area contributed by atoms with Gasteiger partial charge in [0.15, 0.2) is 17.2 Å².